The normalized spacial score (nSPS) is 21.1. The monoisotopic (exact) mass is 242 g/mol. The molecule has 17 heavy (non-hydrogen) atoms. The van der Waals surface area contributed by atoms with Crippen LogP contribution in [-0.2, 0) is 9.59 Å². The van der Waals surface area contributed by atoms with Crippen LogP contribution in [0.4, 0.5) is 0 Å². The topological polar surface area (TPSA) is 92.4 Å². The number of carbonyl (C=O) groups excluding carboxylic acids is 1. The van der Waals surface area contributed by atoms with E-state index in [1.54, 1.807) is 6.92 Å². The molecule has 1 rings (SSSR count). The summed E-state index contributed by atoms with van der Waals surface area (Å²) in [5, 5.41) is 11.7. The number of rotatable bonds is 6. The molecule has 98 valence electrons. The van der Waals surface area contributed by atoms with Gasteiger partial charge in [0.15, 0.2) is 0 Å². The molecule has 0 aromatic heterocycles. The van der Waals surface area contributed by atoms with Gasteiger partial charge in [-0.2, -0.15) is 0 Å². The van der Waals surface area contributed by atoms with Crippen molar-refractivity contribution in [3.05, 3.63) is 0 Å². The summed E-state index contributed by atoms with van der Waals surface area (Å²) in [4.78, 5) is 22.9. The van der Waals surface area contributed by atoms with Gasteiger partial charge in [0.2, 0.25) is 5.91 Å². The summed E-state index contributed by atoms with van der Waals surface area (Å²) in [6.07, 6.45) is 4.09. The Kier molecular flexibility index (Phi) is 4.14. The first kappa shape index (κ1) is 14.0. The van der Waals surface area contributed by atoms with Crippen molar-refractivity contribution in [1.82, 2.24) is 5.32 Å². The summed E-state index contributed by atoms with van der Waals surface area (Å²) in [5.74, 6) is -1.25. The lowest BCUT2D eigenvalue weighted by Crippen LogP contribution is -2.56. The average molecular weight is 242 g/mol. The lowest BCUT2D eigenvalue weighted by Gasteiger charge is -2.38. The van der Waals surface area contributed by atoms with E-state index in [1.165, 1.54) is 0 Å². The fourth-order valence-electron chi connectivity index (χ4n) is 2.20. The zero-order chi connectivity index (χ0) is 13.1. The molecule has 0 saturated heterocycles. The number of aliphatic carboxylic acids is 1. The van der Waals surface area contributed by atoms with Gasteiger partial charge in [0.1, 0.15) is 5.54 Å². The number of carbonyl (C=O) groups is 2. The highest BCUT2D eigenvalue weighted by Gasteiger charge is 2.38. The van der Waals surface area contributed by atoms with Crippen molar-refractivity contribution >= 4 is 11.9 Å². The van der Waals surface area contributed by atoms with Crippen LogP contribution < -0.4 is 11.1 Å². The van der Waals surface area contributed by atoms with E-state index in [0.29, 0.717) is 12.8 Å². The minimum Gasteiger partial charge on any atom is -0.480 e. The van der Waals surface area contributed by atoms with Crippen LogP contribution >= 0.6 is 0 Å². The second-order valence-corrected chi connectivity index (χ2v) is 5.33. The number of nitrogens with one attached hydrogen (secondary N) is 1. The molecule has 1 fully saturated rings. The third-order valence-corrected chi connectivity index (χ3v) is 3.50. The van der Waals surface area contributed by atoms with Gasteiger partial charge in [-0.25, -0.2) is 4.79 Å². The van der Waals surface area contributed by atoms with Gasteiger partial charge in [-0.05, 0) is 32.6 Å². The molecule has 0 radical (unpaired) electrons. The molecule has 1 saturated carbocycles. The third kappa shape index (κ3) is 3.43. The van der Waals surface area contributed by atoms with Crippen LogP contribution in [-0.4, -0.2) is 28.1 Å². The zero-order valence-corrected chi connectivity index (χ0v) is 10.6. The molecule has 1 atom stereocenters. The van der Waals surface area contributed by atoms with Crippen LogP contribution in [0, 0.1) is 0 Å². The molecule has 0 aliphatic heterocycles. The van der Waals surface area contributed by atoms with Gasteiger partial charge in [0.05, 0.1) is 0 Å². The number of carboxylic acids is 1. The van der Waals surface area contributed by atoms with Crippen molar-refractivity contribution in [3.63, 3.8) is 0 Å². The number of hydrogen-bond donors (Lipinski definition) is 3. The fraction of sp³-hybridized carbons (Fsp3) is 0.833. The Morgan fingerprint density at radius 1 is 1.47 bits per heavy atom. The van der Waals surface area contributed by atoms with Gasteiger partial charge >= 0.3 is 5.97 Å². The third-order valence-electron chi connectivity index (χ3n) is 3.50. The van der Waals surface area contributed by atoms with Crippen molar-refractivity contribution in [3.8, 4) is 0 Å². The van der Waals surface area contributed by atoms with E-state index in [9.17, 15) is 9.59 Å². The first-order valence-corrected chi connectivity index (χ1v) is 6.15. The molecule has 5 nitrogen and oxygen atoms in total. The summed E-state index contributed by atoms with van der Waals surface area (Å²) in [5.41, 5.74) is 4.38. The second kappa shape index (κ2) is 5.04. The summed E-state index contributed by atoms with van der Waals surface area (Å²) in [6.45, 7) is 3.43. The Morgan fingerprint density at radius 2 is 2.06 bits per heavy atom. The van der Waals surface area contributed by atoms with Crippen LogP contribution in [0.1, 0.15) is 52.4 Å². The minimum absolute atomic E-state index is 0.222. The Labute approximate surface area is 102 Å². The average Bonchev–Trinajstić information content (AvgIpc) is 2.14. The van der Waals surface area contributed by atoms with Crippen LogP contribution in [0.2, 0.25) is 0 Å². The lowest BCUT2D eigenvalue weighted by molar-refractivity contribution is -0.147. The van der Waals surface area contributed by atoms with Gasteiger partial charge in [0, 0.05) is 12.0 Å². The molecule has 1 amide bonds. The first-order chi connectivity index (χ1) is 7.81. The van der Waals surface area contributed by atoms with E-state index in [0.717, 1.165) is 19.3 Å². The van der Waals surface area contributed by atoms with E-state index in [-0.39, 0.29) is 12.3 Å². The predicted octanol–water partition coefficient (Wildman–Crippen LogP) is 1.02. The lowest BCUT2D eigenvalue weighted by atomic mass is 9.75. The second-order valence-electron chi connectivity index (χ2n) is 5.33. The smallest absolute Gasteiger partial charge is 0.329 e. The molecule has 4 N–H and O–H groups in total. The molecule has 0 spiro atoms. The van der Waals surface area contributed by atoms with E-state index >= 15 is 0 Å². The summed E-state index contributed by atoms with van der Waals surface area (Å²) in [7, 11) is 0. The maximum atomic E-state index is 11.8. The van der Waals surface area contributed by atoms with Gasteiger partial charge in [-0.3, -0.25) is 4.79 Å². The molecular formula is C12H22N2O3. The minimum atomic E-state index is -1.17. The Hall–Kier alpha value is -1.10. The van der Waals surface area contributed by atoms with Crippen LogP contribution in [0.15, 0.2) is 0 Å². The van der Waals surface area contributed by atoms with Gasteiger partial charge in [-0.1, -0.05) is 13.3 Å². The quantitative estimate of drug-likeness (QED) is 0.648. The Bertz CT molecular complexity index is 313. The van der Waals surface area contributed by atoms with Gasteiger partial charge in [-0.15, -0.1) is 0 Å². The maximum Gasteiger partial charge on any atom is 0.329 e. The Morgan fingerprint density at radius 3 is 2.41 bits per heavy atom. The highest BCUT2D eigenvalue weighted by Crippen LogP contribution is 2.32. The molecule has 0 aromatic rings. The SMILES string of the molecule is CCCC(C)(NC(=O)CC1(N)CCC1)C(=O)O. The Balaban J connectivity index is 2.55. The van der Waals surface area contributed by atoms with Crippen molar-refractivity contribution in [2.45, 2.75) is 63.5 Å². The van der Waals surface area contributed by atoms with Crippen molar-refractivity contribution in [1.29, 1.82) is 0 Å². The maximum absolute atomic E-state index is 11.8. The number of carboxylic acid groups (broad SMARTS) is 1. The molecule has 0 aromatic carbocycles. The summed E-state index contributed by atoms with van der Waals surface area (Å²) in [6, 6.07) is 0. The van der Waals surface area contributed by atoms with E-state index in [2.05, 4.69) is 5.32 Å². The molecule has 1 unspecified atom stereocenters. The number of nitrogens with two attached hydrogens (primary N) is 1. The highest BCUT2D eigenvalue weighted by molar-refractivity contribution is 5.87. The van der Waals surface area contributed by atoms with Gasteiger partial charge < -0.3 is 16.2 Å². The van der Waals surface area contributed by atoms with Crippen LogP contribution in [0.25, 0.3) is 0 Å². The van der Waals surface area contributed by atoms with E-state index in [4.69, 9.17) is 10.8 Å². The van der Waals surface area contributed by atoms with Crippen molar-refractivity contribution in [2.75, 3.05) is 0 Å². The van der Waals surface area contributed by atoms with Crippen molar-refractivity contribution in [2.24, 2.45) is 5.73 Å². The van der Waals surface area contributed by atoms with Gasteiger partial charge in [0.25, 0.3) is 0 Å². The first-order valence-electron chi connectivity index (χ1n) is 6.15. The standard InChI is InChI=1S/C12H22N2O3/c1-3-5-11(2,10(16)17)14-9(15)8-12(13)6-4-7-12/h3-8,13H2,1-2H3,(H,14,15)(H,16,17). The summed E-state index contributed by atoms with van der Waals surface area (Å²) >= 11 is 0. The van der Waals surface area contributed by atoms with E-state index in [1.807, 2.05) is 6.92 Å². The van der Waals surface area contributed by atoms with Crippen LogP contribution in [0.3, 0.4) is 0 Å². The molecule has 0 bridgehead atoms. The fourth-order valence-corrected chi connectivity index (χ4v) is 2.20. The van der Waals surface area contributed by atoms with E-state index < -0.39 is 17.0 Å². The molecule has 1 aliphatic rings. The molecule has 5 heteroatoms. The predicted molar refractivity (Wildman–Crippen MR) is 64.5 cm³/mol. The zero-order valence-electron chi connectivity index (χ0n) is 10.6. The molecular weight excluding hydrogens is 220 g/mol. The number of hydrogen-bond acceptors (Lipinski definition) is 3. The molecule has 1 aliphatic carbocycles. The highest BCUT2D eigenvalue weighted by atomic mass is 16.4. The summed E-state index contributed by atoms with van der Waals surface area (Å²) < 4.78 is 0. The van der Waals surface area contributed by atoms with Crippen molar-refractivity contribution < 1.29 is 14.7 Å². The number of amides is 1. The molecule has 0 heterocycles. The van der Waals surface area contributed by atoms with Crippen LogP contribution in [0.5, 0.6) is 0 Å². The largest absolute Gasteiger partial charge is 0.480 e.